The number of carbonyl (C=O) groups is 2. The highest BCUT2D eigenvalue weighted by Gasteiger charge is 2.32. The van der Waals surface area contributed by atoms with Gasteiger partial charge in [-0.2, -0.15) is 0 Å². The van der Waals surface area contributed by atoms with Crippen LogP contribution < -0.4 is 5.32 Å². The molecule has 0 aromatic carbocycles. The van der Waals surface area contributed by atoms with E-state index in [1.54, 1.807) is 7.05 Å². The fraction of sp³-hybridized carbons (Fsp3) is 0.714. The van der Waals surface area contributed by atoms with Gasteiger partial charge in [-0.3, -0.25) is 9.59 Å². The summed E-state index contributed by atoms with van der Waals surface area (Å²) < 4.78 is 5.00. The van der Waals surface area contributed by atoms with Crippen LogP contribution in [-0.4, -0.2) is 43.1 Å². The molecule has 1 atom stereocenters. The number of amides is 2. The molecule has 12 heavy (non-hydrogen) atoms. The molecule has 0 radical (unpaired) electrons. The summed E-state index contributed by atoms with van der Waals surface area (Å²) in [5.41, 5.74) is 0. The van der Waals surface area contributed by atoms with Gasteiger partial charge >= 0.3 is 0 Å². The molecular formula is C7H12N2O3. The van der Waals surface area contributed by atoms with Crippen LogP contribution in [0.15, 0.2) is 0 Å². The molecule has 0 bridgehead atoms. The molecule has 2 amide bonds. The van der Waals surface area contributed by atoms with Crippen LogP contribution in [0.1, 0.15) is 6.92 Å². The van der Waals surface area contributed by atoms with Gasteiger partial charge in [0.05, 0.1) is 6.61 Å². The van der Waals surface area contributed by atoms with Crippen LogP contribution in [0.25, 0.3) is 0 Å². The maximum absolute atomic E-state index is 11.1. The Morgan fingerprint density at radius 2 is 2.25 bits per heavy atom. The number of hydrogen-bond acceptors (Lipinski definition) is 3. The molecule has 0 aliphatic carbocycles. The molecular weight excluding hydrogens is 160 g/mol. The van der Waals surface area contributed by atoms with E-state index in [2.05, 4.69) is 5.32 Å². The van der Waals surface area contributed by atoms with Crippen molar-refractivity contribution in [1.29, 1.82) is 0 Å². The van der Waals surface area contributed by atoms with Crippen molar-refractivity contribution in [2.75, 3.05) is 20.4 Å². The molecule has 1 saturated heterocycles. The zero-order valence-electron chi connectivity index (χ0n) is 7.16. The Balaban J connectivity index is 2.63. The lowest BCUT2D eigenvalue weighted by Crippen LogP contribution is -2.45. The molecule has 1 heterocycles. The minimum absolute atomic E-state index is 0.138. The number of hydrogen-bond donors (Lipinski definition) is 1. The topological polar surface area (TPSA) is 58.6 Å². The maximum atomic E-state index is 11.1. The van der Waals surface area contributed by atoms with Crippen molar-refractivity contribution in [3.05, 3.63) is 0 Å². The van der Waals surface area contributed by atoms with E-state index in [1.165, 1.54) is 11.8 Å². The zero-order chi connectivity index (χ0) is 9.14. The van der Waals surface area contributed by atoms with Gasteiger partial charge in [0.15, 0.2) is 0 Å². The maximum Gasteiger partial charge on any atom is 0.245 e. The van der Waals surface area contributed by atoms with E-state index in [9.17, 15) is 9.59 Å². The largest absolute Gasteiger partial charge is 0.358 e. The Labute approximate surface area is 70.7 Å². The molecule has 5 heteroatoms. The second kappa shape index (κ2) is 3.53. The SMILES string of the molecule is CNC(=O)[C@@H]1COCN1C(C)=O. The monoisotopic (exact) mass is 172 g/mol. The van der Waals surface area contributed by atoms with E-state index in [0.717, 1.165) is 0 Å². The zero-order valence-corrected chi connectivity index (χ0v) is 7.16. The van der Waals surface area contributed by atoms with Gasteiger partial charge in [-0.1, -0.05) is 0 Å². The van der Waals surface area contributed by atoms with Gasteiger partial charge in [0.1, 0.15) is 12.8 Å². The number of likely N-dealkylation sites (N-methyl/N-ethyl adjacent to an activating group) is 1. The van der Waals surface area contributed by atoms with Gasteiger partial charge in [-0.05, 0) is 0 Å². The summed E-state index contributed by atoms with van der Waals surface area (Å²) in [5.74, 6) is -0.316. The van der Waals surface area contributed by atoms with Crippen molar-refractivity contribution in [2.24, 2.45) is 0 Å². The van der Waals surface area contributed by atoms with E-state index in [0.29, 0.717) is 6.61 Å². The van der Waals surface area contributed by atoms with Gasteiger partial charge in [0.2, 0.25) is 11.8 Å². The highest BCUT2D eigenvalue weighted by Crippen LogP contribution is 2.09. The third-order valence-electron chi connectivity index (χ3n) is 1.84. The van der Waals surface area contributed by atoms with Gasteiger partial charge in [0.25, 0.3) is 0 Å². The van der Waals surface area contributed by atoms with Crippen LogP contribution in [0.5, 0.6) is 0 Å². The van der Waals surface area contributed by atoms with E-state index in [4.69, 9.17) is 4.74 Å². The molecule has 0 aromatic heterocycles. The van der Waals surface area contributed by atoms with E-state index >= 15 is 0 Å². The molecule has 5 nitrogen and oxygen atoms in total. The van der Waals surface area contributed by atoms with Crippen LogP contribution in [0.2, 0.25) is 0 Å². The summed E-state index contributed by atoms with van der Waals surface area (Å²) in [5, 5.41) is 2.48. The lowest BCUT2D eigenvalue weighted by molar-refractivity contribution is -0.136. The van der Waals surface area contributed by atoms with E-state index in [-0.39, 0.29) is 18.5 Å². The molecule has 1 fully saturated rings. The first-order chi connectivity index (χ1) is 5.66. The van der Waals surface area contributed by atoms with Crippen LogP contribution in [0.4, 0.5) is 0 Å². The first-order valence-corrected chi connectivity index (χ1v) is 3.73. The van der Waals surface area contributed by atoms with Crippen molar-refractivity contribution < 1.29 is 14.3 Å². The first-order valence-electron chi connectivity index (χ1n) is 3.73. The van der Waals surface area contributed by atoms with Crippen molar-refractivity contribution in [2.45, 2.75) is 13.0 Å². The fourth-order valence-electron chi connectivity index (χ4n) is 1.14. The van der Waals surface area contributed by atoms with Crippen molar-refractivity contribution >= 4 is 11.8 Å². The normalized spacial score (nSPS) is 22.5. The predicted molar refractivity (Wildman–Crippen MR) is 41.2 cm³/mol. The molecule has 0 spiro atoms. The molecule has 68 valence electrons. The fourth-order valence-corrected chi connectivity index (χ4v) is 1.14. The second-order valence-electron chi connectivity index (χ2n) is 2.62. The molecule has 1 N–H and O–H groups in total. The highest BCUT2D eigenvalue weighted by atomic mass is 16.5. The number of nitrogens with zero attached hydrogens (tertiary/aromatic N) is 1. The summed E-state index contributed by atoms with van der Waals surface area (Å²) in [4.78, 5) is 23.5. The lowest BCUT2D eigenvalue weighted by atomic mass is 10.3. The molecule has 1 aliphatic rings. The second-order valence-corrected chi connectivity index (χ2v) is 2.62. The summed E-state index contributed by atoms with van der Waals surface area (Å²) in [7, 11) is 1.54. The Morgan fingerprint density at radius 3 is 2.75 bits per heavy atom. The Bertz CT molecular complexity index is 205. The standard InChI is InChI=1S/C7H12N2O3/c1-5(10)9-4-12-3-6(9)7(11)8-2/h6H,3-4H2,1-2H3,(H,8,11)/t6-/m0/s1. The average Bonchev–Trinajstić information content (AvgIpc) is 2.50. The summed E-state index contributed by atoms with van der Waals surface area (Å²) in [6, 6.07) is -0.451. The summed E-state index contributed by atoms with van der Waals surface area (Å²) in [6.07, 6.45) is 0. The van der Waals surface area contributed by atoms with Crippen molar-refractivity contribution in [3.63, 3.8) is 0 Å². The summed E-state index contributed by atoms with van der Waals surface area (Å²) >= 11 is 0. The van der Waals surface area contributed by atoms with Gasteiger partial charge in [0, 0.05) is 14.0 Å². The number of ether oxygens (including phenoxy) is 1. The third-order valence-corrected chi connectivity index (χ3v) is 1.84. The predicted octanol–water partition coefficient (Wildman–Crippen LogP) is -1.06. The molecule has 0 saturated carbocycles. The number of carbonyl (C=O) groups excluding carboxylic acids is 2. The van der Waals surface area contributed by atoms with Crippen LogP contribution in [0, 0.1) is 0 Å². The highest BCUT2D eigenvalue weighted by molar-refractivity contribution is 5.87. The van der Waals surface area contributed by atoms with E-state index < -0.39 is 6.04 Å². The minimum atomic E-state index is -0.451. The van der Waals surface area contributed by atoms with Crippen molar-refractivity contribution in [1.82, 2.24) is 10.2 Å². The van der Waals surface area contributed by atoms with Crippen LogP contribution >= 0.6 is 0 Å². The van der Waals surface area contributed by atoms with Gasteiger partial charge < -0.3 is 15.0 Å². The third kappa shape index (κ3) is 1.55. The smallest absolute Gasteiger partial charge is 0.245 e. The number of nitrogens with one attached hydrogen (secondary N) is 1. The molecule has 1 rings (SSSR count). The minimum Gasteiger partial charge on any atom is -0.358 e. The first kappa shape index (κ1) is 8.99. The molecule has 1 aliphatic heterocycles. The quantitative estimate of drug-likeness (QED) is 0.548. The average molecular weight is 172 g/mol. The molecule has 0 aromatic rings. The van der Waals surface area contributed by atoms with Gasteiger partial charge in [-0.15, -0.1) is 0 Å². The number of rotatable bonds is 1. The van der Waals surface area contributed by atoms with Crippen LogP contribution in [-0.2, 0) is 14.3 Å². The Morgan fingerprint density at radius 1 is 1.58 bits per heavy atom. The van der Waals surface area contributed by atoms with Gasteiger partial charge in [-0.25, -0.2) is 0 Å². The lowest BCUT2D eigenvalue weighted by Gasteiger charge is -2.18. The Hall–Kier alpha value is -1.10. The van der Waals surface area contributed by atoms with Crippen LogP contribution in [0.3, 0.4) is 0 Å². The summed E-state index contributed by atoms with van der Waals surface area (Å²) in [6.45, 7) is 1.93. The van der Waals surface area contributed by atoms with Crippen molar-refractivity contribution in [3.8, 4) is 0 Å². The Kier molecular flexibility index (Phi) is 2.65. The van der Waals surface area contributed by atoms with E-state index in [1.807, 2.05) is 0 Å². The molecule has 0 unspecified atom stereocenters.